The fraction of sp³-hybridized carbons (Fsp3) is 0.971. The van der Waals surface area contributed by atoms with Crippen molar-refractivity contribution >= 4 is 6.03 Å². The van der Waals surface area contributed by atoms with Crippen molar-refractivity contribution in [2.45, 2.75) is 201 Å². The van der Waals surface area contributed by atoms with Gasteiger partial charge in [0, 0.05) is 19.6 Å². The fourth-order valence-corrected chi connectivity index (χ4v) is 5.46. The number of hydrogen-bond acceptors (Lipinski definition) is 1. The molecule has 0 aliphatic heterocycles. The van der Waals surface area contributed by atoms with E-state index >= 15 is 0 Å². The summed E-state index contributed by atoms with van der Waals surface area (Å²) in [6.45, 7) is 9.59. The second-order valence-electron chi connectivity index (χ2n) is 12.1. The van der Waals surface area contributed by atoms with Crippen LogP contribution in [-0.2, 0) is 0 Å². The van der Waals surface area contributed by atoms with Gasteiger partial charge in [0.1, 0.15) is 0 Å². The quantitative estimate of drug-likeness (QED) is 0.0878. The number of amides is 2. The first-order valence-electron chi connectivity index (χ1n) is 17.8. The van der Waals surface area contributed by atoms with Crippen LogP contribution in [0.15, 0.2) is 0 Å². The molecule has 0 unspecified atom stereocenters. The van der Waals surface area contributed by atoms with E-state index in [-0.39, 0.29) is 6.03 Å². The molecule has 3 nitrogen and oxygen atoms in total. The molecule has 0 rings (SSSR count). The highest BCUT2D eigenvalue weighted by molar-refractivity contribution is 5.74. The van der Waals surface area contributed by atoms with Crippen LogP contribution < -0.4 is 5.32 Å². The molecule has 3 heteroatoms. The molecule has 0 spiro atoms. The lowest BCUT2D eigenvalue weighted by molar-refractivity contribution is 0.195. The van der Waals surface area contributed by atoms with Crippen molar-refractivity contribution in [3.8, 4) is 0 Å². The zero-order chi connectivity index (χ0) is 27.8. The number of urea groups is 1. The van der Waals surface area contributed by atoms with E-state index < -0.39 is 0 Å². The number of nitrogens with zero attached hydrogens (tertiary/aromatic N) is 1. The van der Waals surface area contributed by atoms with Crippen LogP contribution in [0.2, 0.25) is 0 Å². The number of carbonyl (C=O) groups excluding carboxylic acids is 1. The topological polar surface area (TPSA) is 32.3 Å². The third kappa shape index (κ3) is 28.3. The molecule has 0 aliphatic carbocycles. The fourth-order valence-electron chi connectivity index (χ4n) is 5.46. The molecule has 0 bridgehead atoms. The number of nitrogens with one attached hydrogen (secondary N) is 1. The van der Waals surface area contributed by atoms with Crippen LogP contribution in [0, 0.1) is 0 Å². The average molecular weight is 537 g/mol. The van der Waals surface area contributed by atoms with Crippen LogP contribution in [0.5, 0.6) is 0 Å². The molecule has 0 aliphatic rings. The van der Waals surface area contributed by atoms with E-state index in [9.17, 15) is 4.79 Å². The summed E-state index contributed by atoms with van der Waals surface area (Å²) in [6, 6.07) is 0.194. The van der Waals surface area contributed by atoms with Gasteiger partial charge in [0.25, 0.3) is 0 Å². The lowest BCUT2D eigenvalue weighted by Crippen LogP contribution is -2.41. The van der Waals surface area contributed by atoms with Gasteiger partial charge in [-0.15, -0.1) is 0 Å². The van der Waals surface area contributed by atoms with Gasteiger partial charge in [-0.25, -0.2) is 4.79 Å². The highest BCUT2D eigenvalue weighted by Crippen LogP contribution is 2.13. The van der Waals surface area contributed by atoms with E-state index in [4.69, 9.17) is 0 Å². The third-order valence-corrected chi connectivity index (χ3v) is 8.16. The molecule has 1 N–H and O–H groups in total. The van der Waals surface area contributed by atoms with Crippen LogP contribution in [-0.4, -0.2) is 30.6 Å². The normalized spacial score (nSPS) is 11.2. The summed E-state index contributed by atoms with van der Waals surface area (Å²) >= 11 is 0. The molecule has 0 aromatic rings. The molecule has 228 valence electrons. The highest BCUT2D eigenvalue weighted by atomic mass is 16.2. The Balaban J connectivity index is 4.03. The van der Waals surface area contributed by atoms with Gasteiger partial charge in [-0.3, -0.25) is 0 Å². The van der Waals surface area contributed by atoms with Crippen LogP contribution in [0.1, 0.15) is 201 Å². The minimum Gasteiger partial charge on any atom is -0.338 e. The van der Waals surface area contributed by atoms with Crippen LogP contribution in [0.25, 0.3) is 0 Å². The molecular weight excluding hydrogens is 464 g/mol. The maximum atomic E-state index is 13.0. The summed E-state index contributed by atoms with van der Waals surface area (Å²) in [5.74, 6) is 0. The second-order valence-corrected chi connectivity index (χ2v) is 12.1. The summed E-state index contributed by atoms with van der Waals surface area (Å²) < 4.78 is 0. The number of hydrogen-bond donors (Lipinski definition) is 1. The lowest BCUT2D eigenvalue weighted by atomic mass is 10.1. The Morgan fingerprint density at radius 2 is 0.658 bits per heavy atom. The lowest BCUT2D eigenvalue weighted by Gasteiger charge is -2.23. The standard InChI is InChI=1S/C35H72N2O/c1-4-7-10-13-16-19-20-23-26-29-32-36-35(38)37(33-30-27-24-21-17-14-11-8-5-2)34-31-28-25-22-18-15-12-9-6-3/h4-34H2,1-3H3,(H,36,38). The van der Waals surface area contributed by atoms with Crippen LogP contribution in [0.4, 0.5) is 4.79 Å². The Morgan fingerprint density at radius 3 is 0.974 bits per heavy atom. The molecule has 38 heavy (non-hydrogen) atoms. The van der Waals surface area contributed by atoms with Crippen LogP contribution in [0.3, 0.4) is 0 Å². The zero-order valence-electron chi connectivity index (χ0n) is 26.8. The molecule has 2 amide bonds. The molecular formula is C35H72N2O. The Kier molecular flexibility index (Phi) is 31.9. The van der Waals surface area contributed by atoms with Crippen molar-refractivity contribution in [1.82, 2.24) is 10.2 Å². The highest BCUT2D eigenvalue weighted by Gasteiger charge is 2.12. The maximum Gasteiger partial charge on any atom is 0.317 e. The summed E-state index contributed by atoms with van der Waals surface area (Å²) in [7, 11) is 0. The molecule has 0 aromatic heterocycles. The molecule has 0 radical (unpaired) electrons. The smallest absolute Gasteiger partial charge is 0.317 e. The van der Waals surface area contributed by atoms with E-state index in [1.165, 1.54) is 161 Å². The van der Waals surface area contributed by atoms with Crippen molar-refractivity contribution in [3.63, 3.8) is 0 Å². The van der Waals surface area contributed by atoms with Crippen molar-refractivity contribution in [2.24, 2.45) is 0 Å². The maximum absolute atomic E-state index is 13.0. The molecule has 0 aromatic carbocycles. The first kappa shape index (κ1) is 37.3. The van der Waals surface area contributed by atoms with E-state index in [2.05, 4.69) is 31.0 Å². The van der Waals surface area contributed by atoms with Crippen molar-refractivity contribution in [2.75, 3.05) is 19.6 Å². The first-order chi connectivity index (χ1) is 18.8. The monoisotopic (exact) mass is 537 g/mol. The van der Waals surface area contributed by atoms with Gasteiger partial charge in [-0.1, -0.05) is 181 Å². The largest absolute Gasteiger partial charge is 0.338 e. The number of carbonyl (C=O) groups is 1. The summed E-state index contributed by atoms with van der Waals surface area (Å²) in [5, 5.41) is 3.26. The number of rotatable bonds is 31. The van der Waals surface area contributed by atoms with Gasteiger partial charge in [0.05, 0.1) is 0 Å². The predicted octanol–water partition coefficient (Wildman–Crippen LogP) is 12.0. The molecule has 0 atom stereocenters. The van der Waals surface area contributed by atoms with Crippen molar-refractivity contribution < 1.29 is 4.79 Å². The third-order valence-electron chi connectivity index (χ3n) is 8.16. The predicted molar refractivity (Wildman–Crippen MR) is 171 cm³/mol. The van der Waals surface area contributed by atoms with Gasteiger partial charge in [-0.05, 0) is 19.3 Å². The van der Waals surface area contributed by atoms with E-state index in [1.807, 2.05) is 0 Å². The minimum atomic E-state index is 0.194. The first-order valence-corrected chi connectivity index (χ1v) is 17.8. The number of unbranched alkanes of at least 4 members (excludes halogenated alkanes) is 25. The zero-order valence-corrected chi connectivity index (χ0v) is 26.8. The van der Waals surface area contributed by atoms with Gasteiger partial charge < -0.3 is 10.2 Å². The van der Waals surface area contributed by atoms with Gasteiger partial charge in [0.15, 0.2) is 0 Å². The van der Waals surface area contributed by atoms with Crippen molar-refractivity contribution in [3.05, 3.63) is 0 Å². The Labute approximate surface area is 241 Å². The summed E-state index contributed by atoms with van der Waals surface area (Å²) in [4.78, 5) is 15.1. The van der Waals surface area contributed by atoms with E-state index in [0.717, 1.165) is 38.9 Å². The molecule has 0 fully saturated rings. The van der Waals surface area contributed by atoms with Gasteiger partial charge >= 0.3 is 6.03 Å². The van der Waals surface area contributed by atoms with Gasteiger partial charge in [0.2, 0.25) is 0 Å². The van der Waals surface area contributed by atoms with Crippen molar-refractivity contribution in [1.29, 1.82) is 0 Å². The Bertz CT molecular complexity index is 431. The average Bonchev–Trinajstić information content (AvgIpc) is 2.92. The Hall–Kier alpha value is -0.730. The van der Waals surface area contributed by atoms with E-state index in [0.29, 0.717) is 0 Å². The molecule has 0 saturated heterocycles. The summed E-state index contributed by atoms with van der Waals surface area (Å²) in [5.41, 5.74) is 0. The molecule has 0 heterocycles. The van der Waals surface area contributed by atoms with Gasteiger partial charge in [-0.2, -0.15) is 0 Å². The minimum absolute atomic E-state index is 0.194. The summed E-state index contributed by atoms with van der Waals surface area (Å²) in [6.07, 6.45) is 37.5. The second kappa shape index (κ2) is 32.5. The van der Waals surface area contributed by atoms with Crippen LogP contribution >= 0.6 is 0 Å². The SMILES string of the molecule is CCCCCCCCCCCCNC(=O)N(CCCCCCCCCCC)CCCCCCCCCCC. The molecule has 0 saturated carbocycles. The van der Waals surface area contributed by atoms with E-state index in [1.54, 1.807) is 0 Å². The Morgan fingerprint density at radius 1 is 0.395 bits per heavy atom.